The minimum absolute atomic E-state index is 0.101. The molecule has 0 nitrogen and oxygen atoms in total. The summed E-state index contributed by atoms with van der Waals surface area (Å²) in [6.45, 7) is 0. The van der Waals surface area contributed by atoms with Crippen LogP contribution in [0.1, 0.15) is 0 Å². The van der Waals surface area contributed by atoms with Gasteiger partial charge in [0.2, 0.25) is 0 Å². The Bertz CT molecular complexity index is 37.2. The Labute approximate surface area is 49.8 Å². The topological polar surface area (TPSA) is 0 Å². The molecule has 0 aromatic heterocycles. The second kappa shape index (κ2) is 2.41. The summed E-state index contributed by atoms with van der Waals surface area (Å²) in [4.78, 5) is 0. The van der Waals surface area contributed by atoms with E-state index in [2.05, 4.69) is 9.76 Å². The molecule has 5 heteroatoms. The van der Waals surface area contributed by atoms with Crippen molar-refractivity contribution in [1.82, 2.24) is 0 Å². The monoisotopic (exact) mass is 154 g/mol. The van der Waals surface area contributed by atoms with Crippen LogP contribution >= 0.6 is 0 Å². The maximum atomic E-state index is 3.71. The first-order valence-electron chi connectivity index (χ1n) is 1.71. The van der Waals surface area contributed by atoms with Gasteiger partial charge in [0.1, 0.15) is 0 Å². The molecule has 0 amide bonds. The average molecular weight is 154 g/mol. The van der Waals surface area contributed by atoms with Crippen molar-refractivity contribution in [2.45, 2.75) is 5.67 Å². The van der Waals surface area contributed by atoms with E-state index in [-0.39, 0.29) is 7.83 Å². The first-order chi connectivity index (χ1) is 2.89. The van der Waals surface area contributed by atoms with E-state index >= 15 is 0 Å². The quantitative estimate of drug-likeness (QED) is 0.375. The van der Waals surface area contributed by atoms with Gasteiger partial charge in [0, 0.05) is 43.7 Å². The van der Waals surface area contributed by atoms with Gasteiger partial charge in [-0.15, -0.1) is 0 Å². The van der Waals surface area contributed by atoms with Crippen molar-refractivity contribution in [1.29, 1.82) is 0 Å². The molecule has 0 atom stereocenters. The maximum Gasteiger partial charge on any atom is 0.0143 e. The summed E-state index contributed by atoms with van der Waals surface area (Å²) in [6, 6.07) is 0. The van der Waals surface area contributed by atoms with E-state index in [4.69, 9.17) is 0 Å². The van der Waals surface area contributed by atoms with Crippen molar-refractivity contribution in [3.05, 3.63) is 0 Å². The van der Waals surface area contributed by atoms with Crippen molar-refractivity contribution in [3.8, 4) is 0 Å². The lowest BCUT2D eigenvalue weighted by Crippen LogP contribution is -2.17. The smallest absolute Gasteiger partial charge is 0.0143 e. The van der Waals surface area contributed by atoms with E-state index in [0.29, 0.717) is 0 Å². The van der Waals surface area contributed by atoms with Gasteiger partial charge in [0.25, 0.3) is 0 Å². The normalized spacial score (nSPS) is 25.5. The van der Waals surface area contributed by atoms with E-state index in [1.54, 1.807) is 5.67 Å². The molecule has 0 aliphatic carbocycles. The van der Waals surface area contributed by atoms with Crippen molar-refractivity contribution < 1.29 is 0 Å². The predicted octanol–water partition coefficient (Wildman–Crippen LogP) is -1.44. The first kappa shape index (κ1) is 5.23. The molecule has 26 valence electrons. The van der Waals surface area contributed by atoms with Crippen LogP contribution in [0, 0.1) is 0 Å². The van der Waals surface area contributed by atoms with Gasteiger partial charge in [-0.25, -0.2) is 0 Å². The van der Waals surface area contributed by atoms with Gasteiger partial charge < -0.3 is 0 Å². The SMILES string of the molecule is [Si][Si]1C[Si][Si][Si]1. The Morgan fingerprint density at radius 1 is 1.67 bits per heavy atom. The summed E-state index contributed by atoms with van der Waals surface area (Å²) < 4.78 is 0. The van der Waals surface area contributed by atoms with E-state index < -0.39 is 0 Å². The van der Waals surface area contributed by atoms with Gasteiger partial charge in [-0.3, -0.25) is 0 Å². The minimum atomic E-state index is 0.101. The summed E-state index contributed by atoms with van der Waals surface area (Å²) in [5.41, 5.74) is 1.55. The van der Waals surface area contributed by atoms with Gasteiger partial charge in [-0.2, -0.15) is 0 Å². The van der Waals surface area contributed by atoms with Crippen LogP contribution in [0.5, 0.6) is 0 Å². The number of rotatable bonds is 0. The fraction of sp³-hybridized carbons (Fsp3) is 1.00. The van der Waals surface area contributed by atoms with E-state index in [0.717, 1.165) is 0 Å². The molecule has 1 saturated heterocycles. The lowest BCUT2D eigenvalue weighted by Gasteiger charge is -1.87. The summed E-state index contributed by atoms with van der Waals surface area (Å²) in [5.74, 6) is 0. The van der Waals surface area contributed by atoms with Gasteiger partial charge in [-0.05, 0) is 0 Å². The lowest BCUT2D eigenvalue weighted by molar-refractivity contribution is 2.09. The van der Waals surface area contributed by atoms with Crippen LogP contribution in [0.3, 0.4) is 0 Å². The van der Waals surface area contributed by atoms with E-state index in [1.807, 2.05) is 0 Å². The third-order valence-electron chi connectivity index (χ3n) is 0.567. The second-order valence-electron chi connectivity index (χ2n) is 1.08. The Morgan fingerprint density at radius 3 is 2.67 bits per heavy atom. The molecule has 1 rings (SSSR count). The van der Waals surface area contributed by atoms with Gasteiger partial charge >= 0.3 is 0 Å². The summed E-state index contributed by atoms with van der Waals surface area (Å²) in [6.07, 6.45) is 0. The summed E-state index contributed by atoms with van der Waals surface area (Å²) in [5, 5.41) is 0. The van der Waals surface area contributed by atoms with Gasteiger partial charge in [-0.1, -0.05) is 5.67 Å². The van der Waals surface area contributed by atoms with Crippen LogP contribution in [0.15, 0.2) is 0 Å². The van der Waals surface area contributed by atoms with Crippen LogP contribution in [0.2, 0.25) is 5.67 Å². The average Bonchev–Trinajstić information content (AvgIpc) is 1.86. The molecule has 1 aliphatic heterocycles. The molecule has 0 bridgehead atoms. The van der Waals surface area contributed by atoms with Crippen molar-refractivity contribution >= 4 is 43.7 Å². The highest BCUT2D eigenvalue weighted by Gasteiger charge is 2.11. The lowest BCUT2D eigenvalue weighted by atomic mass is 11.9. The Morgan fingerprint density at radius 2 is 2.50 bits per heavy atom. The molecule has 0 aromatic rings. The molecule has 0 unspecified atom stereocenters. The Balaban J connectivity index is 2.18. The summed E-state index contributed by atoms with van der Waals surface area (Å²) in [7, 11) is 7.82. The largest absolute Gasteiger partial charge is 0.0748 e. The van der Waals surface area contributed by atoms with Crippen molar-refractivity contribution in [2.75, 3.05) is 0 Å². The number of hydrogen-bond donors (Lipinski definition) is 0. The molecule has 0 saturated carbocycles. The molecular formula is CH2Si5. The van der Waals surface area contributed by atoms with Gasteiger partial charge in [0.05, 0.1) is 0 Å². The highest BCUT2D eigenvalue weighted by molar-refractivity contribution is 7.63. The maximum absolute atomic E-state index is 3.71. The first-order valence-corrected chi connectivity index (χ1v) is 11.1. The molecule has 10 radical (unpaired) electrons. The minimum Gasteiger partial charge on any atom is -0.0748 e. The molecule has 0 aromatic carbocycles. The van der Waals surface area contributed by atoms with E-state index in [9.17, 15) is 0 Å². The molecule has 1 heterocycles. The fourth-order valence-electron chi connectivity index (χ4n) is 0.296. The third kappa shape index (κ3) is 1.30. The zero-order chi connectivity index (χ0) is 4.41. The van der Waals surface area contributed by atoms with Crippen LogP contribution in [0.25, 0.3) is 0 Å². The number of hydrogen-bond acceptors (Lipinski definition) is 0. The zero-order valence-electron chi connectivity index (χ0n) is 3.21. The molecule has 1 aliphatic rings. The molecular weight excluding hydrogens is 152 g/mol. The Kier molecular flexibility index (Phi) is 2.10. The molecule has 0 N–H and O–H groups in total. The molecule has 0 spiro atoms. The van der Waals surface area contributed by atoms with Crippen molar-refractivity contribution in [3.63, 3.8) is 0 Å². The summed E-state index contributed by atoms with van der Waals surface area (Å²) >= 11 is 0. The molecule has 1 fully saturated rings. The zero-order valence-corrected chi connectivity index (χ0v) is 8.21. The molecule has 6 heavy (non-hydrogen) atoms. The van der Waals surface area contributed by atoms with Crippen LogP contribution in [0.4, 0.5) is 0 Å². The highest BCUT2D eigenvalue weighted by Crippen LogP contribution is 1.88. The van der Waals surface area contributed by atoms with Crippen LogP contribution < -0.4 is 0 Å². The second-order valence-corrected chi connectivity index (χ2v) is 16.5. The highest BCUT2D eigenvalue weighted by atomic mass is 29.9. The fourth-order valence-corrected chi connectivity index (χ4v) is 29.1. The predicted molar refractivity (Wildman–Crippen MR) is 33.6 cm³/mol. The van der Waals surface area contributed by atoms with Crippen LogP contribution in [-0.4, -0.2) is 43.7 Å². The standard InChI is InChI=1S/CH2Si5/c2-6-1-3-4-5-6/h1H2. The van der Waals surface area contributed by atoms with Crippen LogP contribution in [-0.2, 0) is 0 Å². The third-order valence-corrected chi connectivity index (χ3v) is 22.1. The van der Waals surface area contributed by atoms with Gasteiger partial charge in [0.15, 0.2) is 0 Å². The Hall–Kier alpha value is 1.08. The van der Waals surface area contributed by atoms with E-state index in [1.165, 1.54) is 26.1 Å². The van der Waals surface area contributed by atoms with Crippen molar-refractivity contribution in [2.24, 2.45) is 0 Å².